The standard InChI is InChI=1S/C23H34N6O6S/c1-14-8-10-28(18(12-14)22(31)32)21(30)17(6-4-9-26-23(24)25)27-36(34,35)19-7-3-5-16-11-15(2)13-29(33)20(16)19/h3,5,7,14-15,17-18,27H,4,6,8-13H2,1-2H3,(H4-,24,25,26,31,32)/p+1/t14-,15?,17?,18+/m1/s1. The van der Waals surface area contributed by atoms with Crippen molar-refractivity contribution in [1.82, 2.24) is 9.62 Å². The molecule has 6 N–H and O–H groups in total. The van der Waals surface area contributed by atoms with Crippen LogP contribution in [0.3, 0.4) is 0 Å². The predicted molar refractivity (Wildman–Crippen MR) is 133 cm³/mol. The van der Waals surface area contributed by atoms with Gasteiger partial charge in [0.25, 0.3) is 5.69 Å². The summed E-state index contributed by atoms with van der Waals surface area (Å²) in [6.45, 7) is 4.36. The minimum atomic E-state index is -4.31. The molecule has 0 aromatic heterocycles. The second-order valence-corrected chi connectivity index (χ2v) is 11.5. The van der Waals surface area contributed by atoms with Crippen LogP contribution in [0.5, 0.6) is 0 Å². The van der Waals surface area contributed by atoms with E-state index in [4.69, 9.17) is 11.5 Å². The zero-order chi connectivity index (χ0) is 26.6. The Hall–Kier alpha value is -3.06. The molecule has 3 rings (SSSR count). The number of guanidine groups is 1. The molecule has 0 bridgehead atoms. The molecule has 2 heterocycles. The van der Waals surface area contributed by atoms with Crippen LogP contribution in [0.15, 0.2) is 28.1 Å². The number of carbonyl (C=O) groups is 2. The van der Waals surface area contributed by atoms with Gasteiger partial charge in [-0.05, 0) is 44.1 Å². The summed E-state index contributed by atoms with van der Waals surface area (Å²) in [5.74, 6) is -1.70. The smallest absolute Gasteiger partial charge is 0.326 e. The molecule has 0 saturated carbocycles. The lowest BCUT2D eigenvalue weighted by Crippen LogP contribution is -2.56. The Morgan fingerprint density at radius 2 is 2.00 bits per heavy atom. The summed E-state index contributed by atoms with van der Waals surface area (Å²) in [6.07, 6.45) is 1.77. The molecule has 2 aliphatic heterocycles. The minimum Gasteiger partial charge on any atom is -0.480 e. The van der Waals surface area contributed by atoms with Crippen LogP contribution < -0.4 is 16.2 Å². The summed E-state index contributed by atoms with van der Waals surface area (Å²) in [7, 11) is -4.31. The number of carbonyl (C=O) groups excluding carboxylic acids is 1. The number of nitrogens with one attached hydrogen (secondary N) is 1. The van der Waals surface area contributed by atoms with Gasteiger partial charge in [0.1, 0.15) is 12.1 Å². The fraction of sp³-hybridized carbons (Fsp3) is 0.609. The summed E-state index contributed by atoms with van der Waals surface area (Å²) < 4.78 is 30.2. The van der Waals surface area contributed by atoms with Gasteiger partial charge >= 0.3 is 5.97 Å². The second-order valence-electron chi connectivity index (χ2n) is 9.77. The van der Waals surface area contributed by atoms with E-state index in [1.165, 1.54) is 11.0 Å². The van der Waals surface area contributed by atoms with E-state index in [-0.39, 0.29) is 67.3 Å². The number of sulfonamides is 1. The molecule has 36 heavy (non-hydrogen) atoms. The highest BCUT2D eigenvalue weighted by molar-refractivity contribution is 7.89. The number of piperidine rings is 1. The molecule has 0 spiro atoms. The third-order valence-electron chi connectivity index (χ3n) is 6.64. The number of fused-ring (bicyclic) bond motifs is 1. The predicted octanol–water partition coefficient (Wildman–Crippen LogP) is 0.701. The van der Waals surface area contributed by atoms with Crippen molar-refractivity contribution in [3.63, 3.8) is 0 Å². The Bertz CT molecular complexity index is 1150. The van der Waals surface area contributed by atoms with Crippen LogP contribution in [0.4, 0.5) is 5.69 Å². The van der Waals surface area contributed by atoms with E-state index < -0.39 is 34.0 Å². The number of hydrogen-bond acceptors (Lipinski definition) is 6. The quantitative estimate of drug-likeness (QED) is 0.157. The van der Waals surface area contributed by atoms with Crippen molar-refractivity contribution in [3.05, 3.63) is 28.7 Å². The van der Waals surface area contributed by atoms with Gasteiger partial charge in [-0.1, -0.05) is 26.0 Å². The van der Waals surface area contributed by atoms with Crippen LogP contribution in [0.25, 0.3) is 0 Å². The Morgan fingerprint density at radius 3 is 2.67 bits per heavy atom. The van der Waals surface area contributed by atoms with E-state index in [0.717, 1.165) is 0 Å². The van der Waals surface area contributed by atoms with Crippen molar-refractivity contribution in [2.75, 3.05) is 19.6 Å². The van der Waals surface area contributed by atoms with E-state index in [1.54, 1.807) is 12.1 Å². The van der Waals surface area contributed by atoms with E-state index >= 15 is 0 Å². The number of benzene rings is 1. The fourth-order valence-corrected chi connectivity index (χ4v) is 6.34. The number of amides is 1. The number of aliphatic imine (C=N–C) groups is 1. The third-order valence-corrected chi connectivity index (χ3v) is 8.14. The monoisotopic (exact) mass is 523 g/mol. The normalized spacial score (nSPS) is 23.0. The molecule has 12 nitrogen and oxygen atoms in total. The molecule has 198 valence electrons. The Morgan fingerprint density at radius 1 is 1.28 bits per heavy atom. The first-order valence-electron chi connectivity index (χ1n) is 12.1. The highest BCUT2D eigenvalue weighted by atomic mass is 32.2. The van der Waals surface area contributed by atoms with Crippen molar-refractivity contribution in [3.8, 4) is 0 Å². The van der Waals surface area contributed by atoms with Crippen molar-refractivity contribution < 1.29 is 27.9 Å². The van der Waals surface area contributed by atoms with Crippen LogP contribution in [0.1, 0.15) is 45.1 Å². The number of carboxylic acids is 1. The van der Waals surface area contributed by atoms with Crippen molar-refractivity contribution in [1.29, 1.82) is 0 Å². The molecule has 2 unspecified atom stereocenters. The first kappa shape index (κ1) is 27.5. The van der Waals surface area contributed by atoms with Gasteiger partial charge in [0.05, 0.1) is 0 Å². The molecular formula is C23H35N6O6S+. The minimum absolute atomic E-state index is 0.0420. The van der Waals surface area contributed by atoms with Gasteiger partial charge in [-0.2, -0.15) is 4.72 Å². The number of carboxylic acid groups (broad SMARTS) is 1. The molecule has 1 saturated heterocycles. The largest absolute Gasteiger partial charge is 0.480 e. The maximum absolute atomic E-state index is 13.5. The number of likely N-dealkylation sites (tertiary alicyclic amines) is 1. The highest BCUT2D eigenvalue weighted by Gasteiger charge is 2.41. The van der Waals surface area contributed by atoms with E-state index in [1.807, 2.05) is 13.8 Å². The number of para-hydroxylation sites is 1. The molecule has 0 aliphatic carbocycles. The lowest BCUT2D eigenvalue weighted by atomic mass is 9.91. The lowest BCUT2D eigenvalue weighted by Gasteiger charge is -2.38. The molecule has 0 radical (unpaired) electrons. The summed E-state index contributed by atoms with van der Waals surface area (Å²) in [4.78, 5) is 43.0. The summed E-state index contributed by atoms with van der Waals surface area (Å²) in [5, 5.41) is 9.71. The van der Waals surface area contributed by atoms with Crippen LogP contribution in [-0.4, -0.2) is 72.7 Å². The molecule has 1 amide bonds. The average Bonchev–Trinajstić information content (AvgIpc) is 2.79. The van der Waals surface area contributed by atoms with E-state index in [9.17, 15) is 28.0 Å². The van der Waals surface area contributed by atoms with Gasteiger partial charge in [-0.3, -0.25) is 9.79 Å². The second kappa shape index (κ2) is 11.3. The Balaban J connectivity index is 1.92. The Labute approximate surface area is 210 Å². The first-order chi connectivity index (χ1) is 16.9. The maximum Gasteiger partial charge on any atom is 0.326 e. The van der Waals surface area contributed by atoms with Crippen LogP contribution in [-0.2, 0) is 26.0 Å². The Kier molecular flexibility index (Phi) is 8.67. The lowest BCUT2D eigenvalue weighted by molar-refractivity contribution is -0.478. The zero-order valence-corrected chi connectivity index (χ0v) is 21.4. The van der Waals surface area contributed by atoms with Crippen molar-refractivity contribution in [2.24, 2.45) is 28.3 Å². The number of rotatable bonds is 9. The average molecular weight is 524 g/mol. The molecular weight excluding hydrogens is 488 g/mol. The summed E-state index contributed by atoms with van der Waals surface area (Å²) in [6, 6.07) is 2.33. The topological polar surface area (TPSA) is 188 Å². The van der Waals surface area contributed by atoms with E-state index in [2.05, 4.69) is 9.71 Å². The SMILES string of the molecule is CC1Cc2cccc(S(=O)(=O)NC(CCCN=C(N)N)C(=O)N3CC[C@@H](C)C[C@H]3C(=O)O)c2[N+](=O)C1. The third kappa shape index (κ3) is 6.38. The van der Waals surface area contributed by atoms with Crippen molar-refractivity contribution in [2.45, 2.75) is 62.9 Å². The first-order valence-corrected chi connectivity index (χ1v) is 13.6. The summed E-state index contributed by atoms with van der Waals surface area (Å²) in [5.41, 5.74) is 11.4. The molecule has 1 aromatic carbocycles. The van der Waals surface area contributed by atoms with Gasteiger partial charge in [0.15, 0.2) is 10.9 Å². The van der Waals surface area contributed by atoms with Crippen LogP contribution in [0.2, 0.25) is 0 Å². The van der Waals surface area contributed by atoms with Crippen LogP contribution in [0, 0.1) is 16.7 Å². The number of aliphatic carboxylic acids is 1. The highest BCUT2D eigenvalue weighted by Crippen LogP contribution is 2.34. The summed E-state index contributed by atoms with van der Waals surface area (Å²) >= 11 is 0. The molecule has 2 aliphatic rings. The molecule has 4 atom stereocenters. The van der Waals surface area contributed by atoms with Crippen LogP contribution >= 0.6 is 0 Å². The van der Waals surface area contributed by atoms with Gasteiger partial charge < -0.3 is 21.5 Å². The molecule has 1 aromatic rings. The van der Waals surface area contributed by atoms with Gasteiger partial charge in [-0.25, -0.2) is 13.2 Å². The van der Waals surface area contributed by atoms with Gasteiger partial charge in [-0.15, -0.1) is 0 Å². The number of nitrogens with two attached hydrogens (primary N) is 2. The molecule has 13 heteroatoms. The molecule has 1 fully saturated rings. The number of nitrogens with zero attached hydrogens (tertiary/aromatic N) is 3. The van der Waals surface area contributed by atoms with Gasteiger partial charge in [0.2, 0.25) is 22.5 Å². The van der Waals surface area contributed by atoms with Gasteiger partial charge in [0, 0.05) is 34.2 Å². The zero-order valence-electron chi connectivity index (χ0n) is 20.6. The number of hydrogen-bond donors (Lipinski definition) is 4. The van der Waals surface area contributed by atoms with E-state index in [0.29, 0.717) is 23.2 Å². The fourth-order valence-electron chi connectivity index (χ4n) is 4.87. The maximum atomic E-state index is 13.5. The number of nitroso groups, excluding NO2 is 1. The van der Waals surface area contributed by atoms with Crippen molar-refractivity contribution >= 4 is 33.5 Å².